The van der Waals surface area contributed by atoms with Crippen molar-refractivity contribution in [1.29, 1.82) is 0 Å². The Balaban J connectivity index is 1.44. The molecule has 4 N–H and O–H groups in total. The summed E-state index contributed by atoms with van der Waals surface area (Å²) in [7, 11) is 1.87. The third kappa shape index (κ3) is 6.90. The quantitative estimate of drug-likeness (QED) is 0.227. The van der Waals surface area contributed by atoms with Crippen molar-refractivity contribution < 1.29 is 18.4 Å². The molecular formula is C26H30F2N8O2. The molecule has 38 heavy (non-hydrogen) atoms. The zero-order chi connectivity index (χ0) is 27.1. The Bertz CT molecular complexity index is 1360. The smallest absolute Gasteiger partial charge is 0.333 e. The number of unbranched alkanes of at least 4 members (excludes halogenated alkanes) is 2. The number of hydrogen-bond donors (Lipinski definition) is 3. The number of imidazole rings is 1. The zero-order valence-corrected chi connectivity index (χ0v) is 21.0. The number of carbonyl (C=O) groups is 2. The highest BCUT2D eigenvalue weighted by Crippen LogP contribution is 2.26. The minimum absolute atomic E-state index is 0.0846. The monoisotopic (exact) mass is 524 g/mol. The number of aryl methyl sites for hydroxylation is 1. The molecule has 0 aliphatic rings. The lowest BCUT2D eigenvalue weighted by molar-refractivity contribution is -0.118. The Kier molecular flexibility index (Phi) is 8.62. The van der Waals surface area contributed by atoms with Gasteiger partial charge < -0.3 is 16.0 Å². The van der Waals surface area contributed by atoms with Crippen LogP contribution in [0.3, 0.4) is 0 Å². The van der Waals surface area contributed by atoms with E-state index in [9.17, 15) is 18.4 Å². The molecule has 3 aromatic heterocycles. The van der Waals surface area contributed by atoms with Gasteiger partial charge in [-0.3, -0.25) is 14.3 Å². The lowest BCUT2D eigenvalue weighted by Gasteiger charge is -2.15. The number of nitrogens with zero attached hydrogens (tertiary/aromatic N) is 5. The molecule has 0 radical (unpaired) electrons. The van der Waals surface area contributed by atoms with Gasteiger partial charge in [-0.2, -0.15) is 19.0 Å². The molecule has 200 valence electrons. The van der Waals surface area contributed by atoms with Crippen LogP contribution in [0, 0.1) is 0 Å². The number of carbonyl (C=O) groups excluding carboxylic acids is 2. The second kappa shape index (κ2) is 12.3. The third-order valence-corrected chi connectivity index (χ3v) is 6.21. The van der Waals surface area contributed by atoms with E-state index in [1.54, 1.807) is 10.9 Å². The molecule has 1 unspecified atom stereocenters. The second-order valence-electron chi connectivity index (χ2n) is 9.07. The maximum Gasteiger partial charge on any atom is 0.333 e. The average Bonchev–Trinajstić information content (AvgIpc) is 3.66. The fourth-order valence-electron chi connectivity index (χ4n) is 4.16. The predicted molar refractivity (Wildman–Crippen MR) is 137 cm³/mol. The van der Waals surface area contributed by atoms with Crippen LogP contribution in [-0.2, 0) is 11.8 Å². The van der Waals surface area contributed by atoms with Crippen molar-refractivity contribution in [1.82, 2.24) is 34.8 Å². The standard InChI is InChI=1S/C26H30F2N8O2/c1-35-13-11-20(33-35)17-7-9-18(10-8-17)22-16-30-24(32-22)19(5-3-2-4-6-23(29)37)15-31-25(38)21-12-14-36(34-21)26(27)28/h7-14,16,19,26H,2-6,15H2,1H3,(H2,29,37)(H,30,32)(H,31,38). The van der Waals surface area contributed by atoms with E-state index in [1.165, 1.54) is 6.07 Å². The van der Waals surface area contributed by atoms with Gasteiger partial charge in [-0.25, -0.2) is 9.67 Å². The van der Waals surface area contributed by atoms with Gasteiger partial charge in [0.05, 0.1) is 17.6 Å². The van der Waals surface area contributed by atoms with Crippen LogP contribution in [0.15, 0.2) is 55.0 Å². The molecule has 2 amide bonds. The second-order valence-corrected chi connectivity index (χ2v) is 9.07. The molecule has 0 aliphatic heterocycles. The Morgan fingerprint density at radius 2 is 1.79 bits per heavy atom. The summed E-state index contributed by atoms with van der Waals surface area (Å²) in [5.41, 5.74) is 8.80. The van der Waals surface area contributed by atoms with Gasteiger partial charge in [0.15, 0.2) is 0 Å². The third-order valence-electron chi connectivity index (χ3n) is 6.21. The minimum Gasteiger partial charge on any atom is -0.370 e. The van der Waals surface area contributed by atoms with E-state index in [0.29, 0.717) is 29.8 Å². The molecular weight excluding hydrogens is 494 g/mol. The number of amides is 2. The molecule has 0 saturated heterocycles. The number of aromatic nitrogens is 6. The van der Waals surface area contributed by atoms with Gasteiger partial charge in [0, 0.05) is 43.9 Å². The molecule has 0 bridgehead atoms. The first-order chi connectivity index (χ1) is 18.3. The Labute approximate surface area is 218 Å². The van der Waals surface area contributed by atoms with Gasteiger partial charge >= 0.3 is 6.55 Å². The topological polar surface area (TPSA) is 137 Å². The first-order valence-corrected chi connectivity index (χ1v) is 12.4. The van der Waals surface area contributed by atoms with Crippen LogP contribution >= 0.6 is 0 Å². The fourth-order valence-corrected chi connectivity index (χ4v) is 4.16. The van der Waals surface area contributed by atoms with Crippen LogP contribution < -0.4 is 11.1 Å². The predicted octanol–water partition coefficient (Wildman–Crippen LogP) is 4.02. The normalized spacial score (nSPS) is 12.1. The van der Waals surface area contributed by atoms with Crippen molar-refractivity contribution in [3.63, 3.8) is 0 Å². The van der Waals surface area contributed by atoms with Gasteiger partial charge in [0.2, 0.25) is 5.91 Å². The molecule has 0 saturated carbocycles. The van der Waals surface area contributed by atoms with Crippen molar-refractivity contribution in [3.8, 4) is 22.5 Å². The van der Waals surface area contributed by atoms with Crippen LogP contribution in [0.1, 0.15) is 60.9 Å². The van der Waals surface area contributed by atoms with Gasteiger partial charge in [0.1, 0.15) is 11.5 Å². The van der Waals surface area contributed by atoms with Crippen molar-refractivity contribution in [3.05, 3.63) is 66.5 Å². The average molecular weight is 525 g/mol. The Morgan fingerprint density at radius 3 is 2.45 bits per heavy atom. The van der Waals surface area contributed by atoms with Gasteiger partial charge in [-0.15, -0.1) is 0 Å². The number of alkyl halides is 2. The molecule has 1 atom stereocenters. The molecule has 4 aromatic rings. The highest BCUT2D eigenvalue weighted by Gasteiger charge is 2.19. The number of halogens is 2. The number of hydrogen-bond acceptors (Lipinski definition) is 5. The Morgan fingerprint density at radius 1 is 1.03 bits per heavy atom. The summed E-state index contributed by atoms with van der Waals surface area (Å²) in [6.07, 6.45) is 8.00. The SMILES string of the molecule is Cn1ccc(-c2ccc(-c3cnc(C(CCCCCC(N)=O)CNC(=O)c4ccn(C(F)F)n4)[nH]3)cc2)n1. The Hall–Kier alpha value is -4.35. The zero-order valence-electron chi connectivity index (χ0n) is 21.0. The van der Waals surface area contributed by atoms with Gasteiger partial charge in [-0.05, 0) is 30.5 Å². The van der Waals surface area contributed by atoms with Crippen molar-refractivity contribution in [2.45, 2.75) is 44.6 Å². The van der Waals surface area contributed by atoms with E-state index in [0.717, 1.165) is 41.6 Å². The lowest BCUT2D eigenvalue weighted by Crippen LogP contribution is -2.29. The van der Waals surface area contributed by atoms with E-state index < -0.39 is 12.5 Å². The summed E-state index contributed by atoms with van der Waals surface area (Å²) >= 11 is 0. The van der Waals surface area contributed by atoms with E-state index >= 15 is 0 Å². The van der Waals surface area contributed by atoms with Crippen LogP contribution in [0.4, 0.5) is 8.78 Å². The molecule has 3 heterocycles. The summed E-state index contributed by atoms with van der Waals surface area (Å²) in [6.45, 7) is -2.58. The van der Waals surface area contributed by atoms with Crippen molar-refractivity contribution >= 4 is 11.8 Å². The van der Waals surface area contributed by atoms with Crippen molar-refractivity contribution in [2.75, 3.05) is 6.54 Å². The largest absolute Gasteiger partial charge is 0.370 e. The van der Waals surface area contributed by atoms with Crippen LogP contribution in [-0.4, -0.2) is 47.9 Å². The highest BCUT2D eigenvalue weighted by molar-refractivity contribution is 5.92. The maximum atomic E-state index is 12.8. The fraction of sp³-hybridized carbons (Fsp3) is 0.346. The molecule has 0 aliphatic carbocycles. The number of aromatic amines is 1. The number of nitrogens with one attached hydrogen (secondary N) is 2. The van der Waals surface area contributed by atoms with E-state index in [-0.39, 0.29) is 24.1 Å². The van der Waals surface area contributed by atoms with Crippen molar-refractivity contribution in [2.24, 2.45) is 12.8 Å². The summed E-state index contributed by atoms with van der Waals surface area (Å²) in [6, 6.07) is 11.2. The van der Waals surface area contributed by atoms with E-state index in [2.05, 4.69) is 25.5 Å². The molecule has 12 heteroatoms. The number of rotatable bonds is 13. The summed E-state index contributed by atoms with van der Waals surface area (Å²) in [4.78, 5) is 31.5. The lowest BCUT2D eigenvalue weighted by atomic mass is 9.99. The molecule has 10 nitrogen and oxygen atoms in total. The van der Waals surface area contributed by atoms with Gasteiger partial charge in [-0.1, -0.05) is 37.1 Å². The maximum absolute atomic E-state index is 12.8. The summed E-state index contributed by atoms with van der Waals surface area (Å²) < 4.78 is 27.8. The molecule has 0 fully saturated rings. The minimum atomic E-state index is -2.82. The van der Waals surface area contributed by atoms with Gasteiger partial charge in [0.25, 0.3) is 5.91 Å². The molecule has 4 rings (SSSR count). The summed E-state index contributed by atoms with van der Waals surface area (Å²) in [5, 5.41) is 10.8. The number of H-pyrrole nitrogens is 1. The first kappa shape index (κ1) is 26.7. The first-order valence-electron chi connectivity index (χ1n) is 12.4. The molecule has 1 aromatic carbocycles. The number of primary amides is 1. The van der Waals surface area contributed by atoms with E-state index in [1.807, 2.05) is 43.6 Å². The highest BCUT2D eigenvalue weighted by atomic mass is 19.3. The number of nitrogens with two attached hydrogens (primary N) is 1. The van der Waals surface area contributed by atoms with Crippen LogP contribution in [0.25, 0.3) is 22.5 Å². The molecule has 0 spiro atoms. The van der Waals surface area contributed by atoms with Crippen LogP contribution in [0.2, 0.25) is 0 Å². The number of benzene rings is 1. The van der Waals surface area contributed by atoms with E-state index in [4.69, 9.17) is 5.73 Å². The summed E-state index contributed by atoms with van der Waals surface area (Å²) in [5.74, 6) is -0.338. The van der Waals surface area contributed by atoms with Crippen LogP contribution in [0.5, 0.6) is 0 Å².